The molecule has 2 aromatic rings. The number of nitrogens with one attached hydrogen (secondary N) is 1. The summed E-state index contributed by atoms with van der Waals surface area (Å²) in [7, 11) is -3.62. The van der Waals surface area contributed by atoms with Crippen LogP contribution in [0.2, 0.25) is 0 Å². The van der Waals surface area contributed by atoms with Crippen LogP contribution in [0.15, 0.2) is 54.9 Å². The van der Waals surface area contributed by atoms with Gasteiger partial charge in [0.05, 0.1) is 5.69 Å². The third-order valence-corrected chi connectivity index (χ3v) is 5.06. The summed E-state index contributed by atoms with van der Waals surface area (Å²) in [5.74, 6) is -0.0525. The molecule has 3 rings (SSSR count). The molecule has 120 valence electrons. The molecule has 0 radical (unpaired) electrons. The number of phenols is 1. The number of hydrogen-bond donors (Lipinski definition) is 2. The lowest BCUT2D eigenvalue weighted by atomic mass is 10.0. The summed E-state index contributed by atoms with van der Waals surface area (Å²) in [4.78, 5) is 0. The van der Waals surface area contributed by atoms with Gasteiger partial charge in [-0.15, -0.1) is 0 Å². The van der Waals surface area contributed by atoms with E-state index in [0.717, 1.165) is 22.7 Å². The second-order valence-electron chi connectivity index (χ2n) is 5.54. The van der Waals surface area contributed by atoms with E-state index in [0.29, 0.717) is 0 Å². The van der Waals surface area contributed by atoms with Gasteiger partial charge in [0.25, 0.3) is 0 Å². The van der Waals surface area contributed by atoms with Gasteiger partial charge in [-0.2, -0.15) is 8.42 Å². The monoisotopic (exact) mass is 330 g/mol. The fourth-order valence-corrected chi connectivity index (χ4v) is 3.47. The van der Waals surface area contributed by atoms with E-state index >= 15 is 0 Å². The number of benzene rings is 2. The van der Waals surface area contributed by atoms with Crippen LogP contribution < -0.4 is 9.03 Å². The van der Waals surface area contributed by atoms with E-state index in [1.165, 1.54) is 23.5 Å². The summed E-state index contributed by atoms with van der Waals surface area (Å²) >= 11 is 0. The minimum Gasteiger partial charge on any atom is -0.506 e. The van der Waals surface area contributed by atoms with Gasteiger partial charge in [-0.1, -0.05) is 35.9 Å². The predicted molar refractivity (Wildman–Crippen MR) is 90.4 cm³/mol. The highest BCUT2D eigenvalue weighted by Gasteiger charge is 2.25. The maximum atomic E-state index is 11.8. The van der Waals surface area contributed by atoms with Gasteiger partial charge in [0, 0.05) is 12.4 Å². The van der Waals surface area contributed by atoms with Crippen molar-refractivity contribution in [2.45, 2.75) is 19.8 Å². The number of aryl methyl sites for hydroxylation is 3. The lowest BCUT2D eigenvalue weighted by Gasteiger charge is -2.16. The van der Waals surface area contributed by atoms with E-state index in [4.69, 9.17) is 0 Å². The Morgan fingerprint density at radius 1 is 1.04 bits per heavy atom. The number of phenolic OH excluding ortho intramolecular Hbond substituents is 1. The molecule has 2 aromatic carbocycles. The van der Waals surface area contributed by atoms with Crippen molar-refractivity contribution in [3.8, 4) is 5.75 Å². The van der Waals surface area contributed by atoms with Crippen LogP contribution in [0.3, 0.4) is 0 Å². The molecule has 0 aliphatic carbocycles. The van der Waals surface area contributed by atoms with Crippen LogP contribution in [-0.2, 0) is 23.1 Å². The molecule has 0 saturated heterocycles. The lowest BCUT2D eigenvalue weighted by Crippen LogP contribution is -2.28. The number of aromatic hydroxyl groups is 1. The molecule has 0 atom stereocenters. The Bertz CT molecular complexity index is 843. The van der Waals surface area contributed by atoms with Gasteiger partial charge in [0.2, 0.25) is 0 Å². The van der Waals surface area contributed by atoms with Crippen LogP contribution in [0.4, 0.5) is 5.69 Å². The second-order valence-corrected chi connectivity index (χ2v) is 7.12. The molecule has 23 heavy (non-hydrogen) atoms. The zero-order chi connectivity index (χ0) is 16.4. The van der Waals surface area contributed by atoms with Crippen molar-refractivity contribution in [3.63, 3.8) is 0 Å². The summed E-state index contributed by atoms with van der Waals surface area (Å²) in [6.45, 7) is 2.05. The summed E-state index contributed by atoms with van der Waals surface area (Å²) in [6.07, 6.45) is 4.33. The molecule has 1 aliphatic heterocycles. The van der Waals surface area contributed by atoms with Crippen LogP contribution in [0.25, 0.3) is 0 Å². The highest BCUT2D eigenvalue weighted by Crippen LogP contribution is 2.31. The maximum Gasteiger partial charge on any atom is 0.327 e. The van der Waals surface area contributed by atoms with Crippen LogP contribution in [0, 0.1) is 6.92 Å². The van der Waals surface area contributed by atoms with Crippen molar-refractivity contribution in [2.24, 2.45) is 0 Å². The first-order valence-corrected chi connectivity index (χ1v) is 8.75. The molecule has 0 aromatic heterocycles. The molecule has 0 saturated carbocycles. The summed E-state index contributed by atoms with van der Waals surface area (Å²) in [5.41, 5.74) is 3.66. The largest absolute Gasteiger partial charge is 0.506 e. The molecule has 1 heterocycles. The van der Waals surface area contributed by atoms with Gasteiger partial charge in [0.1, 0.15) is 5.75 Å². The highest BCUT2D eigenvalue weighted by atomic mass is 32.2. The Morgan fingerprint density at radius 2 is 1.70 bits per heavy atom. The zero-order valence-corrected chi connectivity index (χ0v) is 13.5. The van der Waals surface area contributed by atoms with Crippen LogP contribution >= 0.6 is 0 Å². The van der Waals surface area contributed by atoms with E-state index in [1.807, 2.05) is 6.07 Å². The molecule has 0 bridgehead atoms. The van der Waals surface area contributed by atoms with Gasteiger partial charge in [-0.05, 0) is 43.0 Å². The Labute approximate surface area is 136 Å². The number of hydrogen-bond acceptors (Lipinski definition) is 3. The SMILES string of the molecule is Cc1ccc(CCc2ccc(N3C=CNS3(=O)=O)c(O)c2)cc1. The molecule has 2 N–H and O–H groups in total. The van der Waals surface area contributed by atoms with Gasteiger partial charge in [-0.3, -0.25) is 4.72 Å². The van der Waals surface area contributed by atoms with Crippen molar-refractivity contribution in [1.29, 1.82) is 0 Å². The molecule has 6 heteroatoms. The average molecular weight is 330 g/mol. The van der Waals surface area contributed by atoms with Crippen molar-refractivity contribution in [3.05, 3.63) is 71.6 Å². The molecule has 5 nitrogen and oxygen atoms in total. The second kappa shape index (κ2) is 5.96. The molecule has 0 spiro atoms. The van der Waals surface area contributed by atoms with Gasteiger partial charge >= 0.3 is 10.2 Å². The van der Waals surface area contributed by atoms with Crippen molar-refractivity contribution >= 4 is 15.9 Å². The first kappa shape index (κ1) is 15.4. The first-order valence-electron chi connectivity index (χ1n) is 7.31. The van der Waals surface area contributed by atoms with Crippen molar-refractivity contribution < 1.29 is 13.5 Å². The molecule has 1 aliphatic rings. The Kier molecular flexibility index (Phi) is 4.00. The predicted octanol–water partition coefficient (Wildman–Crippen LogP) is 2.61. The van der Waals surface area contributed by atoms with Crippen LogP contribution in [-0.4, -0.2) is 13.5 Å². The molecule has 0 fully saturated rings. The fraction of sp³-hybridized carbons (Fsp3) is 0.176. The third-order valence-electron chi connectivity index (χ3n) is 3.79. The standard InChI is InChI=1S/C17H18N2O3S/c1-13-2-4-14(5-3-13)6-7-15-8-9-16(17(20)12-15)19-11-10-18-23(19,21)22/h2-5,8-12,18,20H,6-7H2,1H3. The smallest absolute Gasteiger partial charge is 0.327 e. The van der Waals surface area contributed by atoms with Gasteiger partial charge in [-0.25, -0.2) is 4.31 Å². The Morgan fingerprint density at radius 3 is 2.30 bits per heavy atom. The summed E-state index contributed by atoms with van der Waals surface area (Å²) in [5, 5.41) is 10.1. The Hall–Kier alpha value is -2.47. The minimum absolute atomic E-state index is 0.0525. The Balaban J connectivity index is 1.74. The molecule has 0 unspecified atom stereocenters. The van der Waals surface area contributed by atoms with Gasteiger partial charge in [0.15, 0.2) is 0 Å². The van der Waals surface area contributed by atoms with Crippen molar-refractivity contribution in [1.82, 2.24) is 4.72 Å². The van der Waals surface area contributed by atoms with E-state index in [9.17, 15) is 13.5 Å². The quantitative estimate of drug-likeness (QED) is 0.905. The van der Waals surface area contributed by atoms with Crippen molar-refractivity contribution in [2.75, 3.05) is 4.31 Å². The number of anilines is 1. The topological polar surface area (TPSA) is 69.6 Å². The average Bonchev–Trinajstić information content (AvgIpc) is 2.86. The minimum atomic E-state index is -3.62. The zero-order valence-electron chi connectivity index (χ0n) is 12.7. The normalized spacial score (nSPS) is 15.6. The highest BCUT2D eigenvalue weighted by molar-refractivity contribution is 7.91. The van der Waals surface area contributed by atoms with E-state index < -0.39 is 10.2 Å². The fourth-order valence-electron chi connectivity index (χ4n) is 2.49. The summed E-state index contributed by atoms with van der Waals surface area (Å²) in [6, 6.07) is 13.4. The molecular formula is C17H18N2O3S. The maximum absolute atomic E-state index is 11.8. The van der Waals surface area contributed by atoms with Crippen LogP contribution in [0.5, 0.6) is 5.75 Å². The summed E-state index contributed by atoms with van der Waals surface area (Å²) < 4.78 is 26.8. The third kappa shape index (κ3) is 3.32. The van der Waals surface area contributed by atoms with E-state index in [1.54, 1.807) is 12.1 Å². The van der Waals surface area contributed by atoms with E-state index in [-0.39, 0.29) is 11.4 Å². The number of nitrogens with zero attached hydrogens (tertiary/aromatic N) is 1. The van der Waals surface area contributed by atoms with Gasteiger partial charge < -0.3 is 5.11 Å². The van der Waals surface area contributed by atoms with E-state index in [2.05, 4.69) is 35.9 Å². The molecule has 0 amide bonds. The lowest BCUT2D eigenvalue weighted by molar-refractivity contribution is 0.475. The number of rotatable bonds is 4. The van der Waals surface area contributed by atoms with Crippen LogP contribution in [0.1, 0.15) is 16.7 Å². The first-order chi connectivity index (χ1) is 11.0. The molecular weight excluding hydrogens is 312 g/mol.